The van der Waals surface area contributed by atoms with E-state index in [1.807, 2.05) is 0 Å². The third-order valence-corrected chi connectivity index (χ3v) is 3.68. The molecule has 0 aromatic heterocycles. The summed E-state index contributed by atoms with van der Waals surface area (Å²) < 4.78 is 0. The van der Waals surface area contributed by atoms with Gasteiger partial charge >= 0.3 is 6.03 Å². The second-order valence-corrected chi connectivity index (χ2v) is 6.68. The Balaban J connectivity index is 2.16. The van der Waals surface area contributed by atoms with Crippen LogP contribution in [0.15, 0.2) is 18.2 Å². The van der Waals surface area contributed by atoms with Gasteiger partial charge in [-0.15, -0.1) is 11.6 Å². The fourth-order valence-corrected chi connectivity index (χ4v) is 2.51. The summed E-state index contributed by atoms with van der Waals surface area (Å²) in [5.74, 6) is -0.183. The van der Waals surface area contributed by atoms with Gasteiger partial charge in [0.05, 0.1) is 11.1 Å². The van der Waals surface area contributed by atoms with Crippen molar-refractivity contribution in [1.29, 1.82) is 0 Å². The van der Waals surface area contributed by atoms with Gasteiger partial charge in [0, 0.05) is 23.7 Å². The molecule has 0 radical (unpaired) electrons. The van der Waals surface area contributed by atoms with Gasteiger partial charge in [0.2, 0.25) is 0 Å². The van der Waals surface area contributed by atoms with E-state index >= 15 is 0 Å². The van der Waals surface area contributed by atoms with E-state index in [9.17, 15) is 14.4 Å². The van der Waals surface area contributed by atoms with Crippen molar-refractivity contribution >= 4 is 35.1 Å². The standard InChI is InChI=1S/C16H20ClN3O3/c1-16(2,3)20-13(21)11-6-5-10(9-12(11)14(20)22)19-15(23)18-8-4-7-17/h5-6,9H,4,7-8H2,1-3H3,(H2,18,19,23). The van der Waals surface area contributed by atoms with Gasteiger partial charge in [-0.3, -0.25) is 14.5 Å². The number of amides is 4. The zero-order valence-electron chi connectivity index (χ0n) is 13.4. The van der Waals surface area contributed by atoms with Crippen molar-refractivity contribution in [2.75, 3.05) is 17.7 Å². The number of nitrogens with zero attached hydrogens (tertiary/aromatic N) is 1. The highest BCUT2D eigenvalue weighted by Crippen LogP contribution is 2.30. The van der Waals surface area contributed by atoms with Crippen molar-refractivity contribution in [2.45, 2.75) is 32.7 Å². The normalized spacial score (nSPS) is 14.0. The smallest absolute Gasteiger partial charge is 0.319 e. The molecule has 124 valence electrons. The number of hydrogen-bond acceptors (Lipinski definition) is 3. The Morgan fingerprint density at radius 2 is 1.83 bits per heavy atom. The van der Waals surface area contributed by atoms with E-state index in [2.05, 4.69) is 10.6 Å². The lowest BCUT2D eigenvalue weighted by molar-refractivity contribution is 0.0508. The summed E-state index contributed by atoms with van der Waals surface area (Å²) >= 11 is 5.54. The number of alkyl halides is 1. The first-order chi connectivity index (χ1) is 10.8. The maximum Gasteiger partial charge on any atom is 0.319 e. The number of urea groups is 1. The average Bonchev–Trinajstić information content (AvgIpc) is 2.70. The van der Waals surface area contributed by atoms with Crippen LogP contribution in [0.3, 0.4) is 0 Å². The van der Waals surface area contributed by atoms with Crippen LogP contribution >= 0.6 is 11.6 Å². The minimum absolute atomic E-state index is 0.309. The third-order valence-electron chi connectivity index (χ3n) is 3.41. The number of carbonyl (C=O) groups is 3. The predicted octanol–water partition coefficient (Wildman–Crippen LogP) is 2.83. The van der Waals surface area contributed by atoms with Crippen LogP contribution in [0.4, 0.5) is 10.5 Å². The Morgan fingerprint density at radius 3 is 2.43 bits per heavy atom. The number of anilines is 1. The van der Waals surface area contributed by atoms with Crippen LogP contribution in [0.1, 0.15) is 47.9 Å². The maximum atomic E-state index is 12.5. The monoisotopic (exact) mass is 337 g/mol. The highest BCUT2D eigenvalue weighted by Gasteiger charge is 2.41. The molecule has 0 unspecified atom stereocenters. The first kappa shape index (κ1) is 17.3. The van der Waals surface area contributed by atoms with Gasteiger partial charge in [0.25, 0.3) is 11.8 Å². The molecule has 1 heterocycles. The van der Waals surface area contributed by atoms with Gasteiger partial charge in [-0.05, 0) is 45.4 Å². The zero-order valence-corrected chi connectivity index (χ0v) is 14.2. The molecule has 1 aliphatic rings. The first-order valence-corrected chi connectivity index (χ1v) is 7.93. The van der Waals surface area contributed by atoms with Crippen molar-refractivity contribution in [1.82, 2.24) is 10.2 Å². The Kier molecular flexibility index (Phi) is 4.94. The molecule has 7 heteroatoms. The van der Waals surface area contributed by atoms with Gasteiger partial charge in [0.1, 0.15) is 0 Å². The lowest BCUT2D eigenvalue weighted by Gasteiger charge is -2.29. The molecule has 0 aliphatic carbocycles. The number of imide groups is 1. The molecule has 0 atom stereocenters. The van der Waals surface area contributed by atoms with Gasteiger partial charge in [-0.25, -0.2) is 4.79 Å². The molecule has 2 rings (SSSR count). The summed E-state index contributed by atoms with van der Waals surface area (Å²) in [6.07, 6.45) is 0.673. The Hall–Kier alpha value is -2.08. The highest BCUT2D eigenvalue weighted by atomic mass is 35.5. The number of hydrogen-bond donors (Lipinski definition) is 2. The van der Waals surface area contributed by atoms with Crippen molar-refractivity contribution in [2.24, 2.45) is 0 Å². The second kappa shape index (κ2) is 6.58. The van der Waals surface area contributed by atoms with E-state index in [-0.39, 0.29) is 17.8 Å². The fourth-order valence-electron chi connectivity index (χ4n) is 2.37. The van der Waals surface area contributed by atoms with E-state index in [0.29, 0.717) is 35.7 Å². The summed E-state index contributed by atoms with van der Waals surface area (Å²) in [6, 6.07) is 4.33. The molecule has 23 heavy (non-hydrogen) atoms. The van der Waals surface area contributed by atoms with Crippen molar-refractivity contribution in [3.63, 3.8) is 0 Å². The predicted molar refractivity (Wildman–Crippen MR) is 89.1 cm³/mol. The number of carbonyl (C=O) groups excluding carboxylic acids is 3. The van der Waals surface area contributed by atoms with E-state index < -0.39 is 5.54 Å². The average molecular weight is 338 g/mol. The largest absolute Gasteiger partial charge is 0.338 e. The molecular weight excluding hydrogens is 318 g/mol. The molecule has 0 fully saturated rings. The van der Waals surface area contributed by atoms with Crippen LogP contribution in [0.25, 0.3) is 0 Å². The van der Waals surface area contributed by atoms with Crippen LogP contribution in [-0.4, -0.2) is 40.7 Å². The summed E-state index contributed by atoms with van der Waals surface area (Å²) in [7, 11) is 0. The minimum Gasteiger partial charge on any atom is -0.338 e. The van der Waals surface area contributed by atoms with E-state index in [4.69, 9.17) is 11.6 Å². The van der Waals surface area contributed by atoms with E-state index in [0.717, 1.165) is 0 Å². The Labute approximate surface area is 140 Å². The molecule has 1 aromatic carbocycles. The number of benzene rings is 1. The Bertz CT molecular complexity index is 652. The van der Waals surface area contributed by atoms with Gasteiger partial charge in [0.15, 0.2) is 0 Å². The summed E-state index contributed by atoms with van der Waals surface area (Å²) in [5.41, 5.74) is 0.533. The topological polar surface area (TPSA) is 78.5 Å². The molecular formula is C16H20ClN3O3. The second-order valence-electron chi connectivity index (χ2n) is 6.30. The molecule has 6 nitrogen and oxygen atoms in total. The minimum atomic E-state index is -0.598. The SMILES string of the molecule is CC(C)(C)N1C(=O)c2ccc(NC(=O)NCCCCl)cc2C1=O. The lowest BCUT2D eigenvalue weighted by Crippen LogP contribution is -2.45. The van der Waals surface area contributed by atoms with Crippen LogP contribution in [0, 0.1) is 0 Å². The molecule has 0 bridgehead atoms. The number of fused-ring (bicyclic) bond motifs is 1. The van der Waals surface area contributed by atoms with Crippen LogP contribution in [0.2, 0.25) is 0 Å². The molecule has 2 N–H and O–H groups in total. The maximum absolute atomic E-state index is 12.5. The summed E-state index contributed by atoms with van der Waals surface area (Å²) in [6.45, 7) is 5.88. The highest BCUT2D eigenvalue weighted by molar-refractivity contribution is 6.22. The lowest BCUT2D eigenvalue weighted by atomic mass is 10.1. The zero-order chi connectivity index (χ0) is 17.2. The Morgan fingerprint density at radius 1 is 1.17 bits per heavy atom. The number of rotatable bonds is 4. The number of halogens is 1. The van der Waals surface area contributed by atoms with Crippen LogP contribution in [0.5, 0.6) is 0 Å². The van der Waals surface area contributed by atoms with E-state index in [1.165, 1.54) is 11.0 Å². The fraction of sp³-hybridized carbons (Fsp3) is 0.438. The molecule has 0 saturated carbocycles. The first-order valence-electron chi connectivity index (χ1n) is 7.39. The van der Waals surface area contributed by atoms with Crippen LogP contribution in [-0.2, 0) is 0 Å². The molecule has 0 spiro atoms. The van der Waals surface area contributed by atoms with Gasteiger partial charge in [-0.2, -0.15) is 0 Å². The van der Waals surface area contributed by atoms with Crippen molar-refractivity contribution < 1.29 is 14.4 Å². The van der Waals surface area contributed by atoms with E-state index in [1.54, 1.807) is 32.9 Å². The van der Waals surface area contributed by atoms with Crippen LogP contribution < -0.4 is 10.6 Å². The molecule has 4 amide bonds. The molecule has 0 saturated heterocycles. The number of nitrogens with one attached hydrogen (secondary N) is 2. The molecule has 1 aliphatic heterocycles. The molecule has 1 aromatic rings. The summed E-state index contributed by atoms with van der Waals surface area (Å²) in [5, 5.41) is 5.30. The quantitative estimate of drug-likeness (QED) is 0.504. The van der Waals surface area contributed by atoms with Crippen molar-refractivity contribution in [3.8, 4) is 0 Å². The van der Waals surface area contributed by atoms with Crippen molar-refractivity contribution in [3.05, 3.63) is 29.3 Å². The third kappa shape index (κ3) is 3.64. The summed E-state index contributed by atoms with van der Waals surface area (Å²) in [4.78, 5) is 37.8. The van der Waals surface area contributed by atoms with Gasteiger partial charge < -0.3 is 10.6 Å². The van der Waals surface area contributed by atoms with Gasteiger partial charge in [-0.1, -0.05) is 0 Å².